The average molecular weight is 400 g/mol. The van der Waals surface area contributed by atoms with Gasteiger partial charge in [0.15, 0.2) is 0 Å². The summed E-state index contributed by atoms with van der Waals surface area (Å²) in [6, 6.07) is 11.5. The molecule has 1 atom stereocenters. The number of fused-ring (bicyclic) bond motifs is 1. The van der Waals surface area contributed by atoms with Gasteiger partial charge in [-0.05, 0) is 53.6 Å². The van der Waals surface area contributed by atoms with Crippen LogP contribution in [0, 0.1) is 11.3 Å². The molecular formula is C18H16N4O3S2. The maximum atomic E-state index is 13.0. The van der Waals surface area contributed by atoms with E-state index >= 15 is 0 Å². The van der Waals surface area contributed by atoms with Crippen LogP contribution >= 0.6 is 11.3 Å². The Kier molecular flexibility index (Phi) is 5.23. The van der Waals surface area contributed by atoms with Crippen molar-refractivity contribution in [2.75, 3.05) is 6.54 Å². The second kappa shape index (κ2) is 7.44. The normalized spacial score (nSPS) is 13.6. The van der Waals surface area contributed by atoms with Crippen LogP contribution in [-0.2, 0) is 20.4 Å². The number of hydrogen-bond donors (Lipinski definition) is 2. The van der Waals surface area contributed by atoms with E-state index in [9.17, 15) is 13.2 Å². The Morgan fingerprint density at radius 3 is 2.85 bits per heavy atom. The Balaban J connectivity index is 2.01. The van der Waals surface area contributed by atoms with Crippen molar-refractivity contribution in [1.29, 1.82) is 5.26 Å². The fourth-order valence-electron chi connectivity index (χ4n) is 2.63. The van der Waals surface area contributed by atoms with Gasteiger partial charge < -0.3 is 5.32 Å². The number of carbonyl (C=O) groups excluding carboxylic acids is 1. The first kappa shape index (κ1) is 19.0. The Labute approximate surface area is 160 Å². The molecule has 1 amide bonds. The Morgan fingerprint density at radius 1 is 1.33 bits per heavy atom. The van der Waals surface area contributed by atoms with Gasteiger partial charge in [0.2, 0.25) is 15.9 Å². The molecular weight excluding hydrogens is 384 g/mol. The molecule has 2 N–H and O–H groups in total. The molecule has 0 fully saturated rings. The molecule has 0 saturated carbocycles. The number of aromatic nitrogens is 1. The number of nitrogens with one attached hydrogen (secondary N) is 2. The van der Waals surface area contributed by atoms with E-state index in [1.54, 1.807) is 41.2 Å². The highest BCUT2D eigenvalue weighted by Gasteiger charge is 2.39. The van der Waals surface area contributed by atoms with Crippen LogP contribution in [0.25, 0.3) is 10.9 Å². The molecule has 0 spiro atoms. The number of benzene rings is 1. The smallest absolute Gasteiger partial charge is 0.246 e. The van der Waals surface area contributed by atoms with Crippen molar-refractivity contribution >= 4 is 38.2 Å². The lowest BCUT2D eigenvalue weighted by molar-refractivity contribution is -0.126. The van der Waals surface area contributed by atoms with E-state index in [-0.39, 0.29) is 11.4 Å². The number of pyridine rings is 1. The third-order valence-corrected chi connectivity index (χ3v) is 6.34. The third-order valence-electron chi connectivity index (χ3n) is 4.10. The molecule has 3 rings (SSSR count). The number of amides is 1. The first-order valence-electron chi connectivity index (χ1n) is 7.93. The summed E-state index contributed by atoms with van der Waals surface area (Å²) in [7, 11) is -4.02. The number of rotatable bonds is 6. The Hall–Kier alpha value is -2.80. The summed E-state index contributed by atoms with van der Waals surface area (Å²) >= 11 is 1.34. The largest absolute Gasteiger partial charge is 0.341 e. The number of hydrogen-bond acceptors (Lipinski definition) is 6. The van der Waals surface area contributed by atoms with Gasteiger partial charge in [0, 0.05) is 11.6 Å². The summed E-state index contributed by atoms with van der Waals surface area (Å²) in [6.45, 7) is 1.25. The third kappa shape index (κ3) is 3.83. The van der Waals surface area contributed by atoms with Crippen LogP contribution in [0.4, 0.5) is 0 Å². The van der Waals surface area contributed by atoms with Crippen molar-refractivity contribution in [3.05, 3.63) is 58.9 Å². The summed E-state index contributed by atoms with van der Waals surface area (Å²) in [5, 5.41) is 15.3. The molecule has 27 heavy (non-hydrogen) atoms. The molecule has 0 saturated heterocycles. The van der Waals surface area contributed by atoms with Gasteiger partial charge in [-0.15, -0.1) is 0 Å². The zero-order valence-corrected chi connectivity index (χ0v) is 16.0. The fourth-order valence-corrected chi connectivity index (χ4v) is 4.79. The SMILES string of the molecule is CC(NS(=O)(=O)c1ccc2ncccc2c1)(C(=O)NCC#N)c1ccsc1. The van der Waals surface area contributed by atoms with Crippen molar-refractivity contribution in [3.8, 4) is 6.07 Å². The molecule has 0 radical (unpaired) electrons. The maximum absolute atomic E-state index is 13.0. The molecule has 138 valence electrons. The lowest BCUT2D eigenvalue weighted by Gasteiger charge is -2.28. The highest BCUT2D eigenvalue weighted by molar-refractivity contribution is 7.89. The number of thiophene rings is 1. The minimum absolute atomic E-state index is 0.0255. The molecule has 1 aromatic carbocycles. The van der Waals surface area contributed by atoms with E-state index in [4.69, 9.17) is 5.26 Å². The van der Waals surface area contributed by atoms with Crippen molar-refractivity contribution < 1.29 is 13.2 Å². The Bertz CT molecular complexity index is 1120. The zero-order chi connectivity index (χ0) is 19.5. The first-order chi connectivity index (χ1) is 12.9. The molecule has 2 heterocycles. The van der Waals surface area contributed by atoms with Crippen LogP contribution in [0.3, 0.4) is 0 Å². The Morgan fingerprint density at radius 2 is 2.15 bits per heavy atom. The van der Waals surface area contributed by atoms with Crippen LogP contribution in [0.15, 0.2) is 58.3 Å². The topological polar surface area (TPSA) is 112 Å². The highest BCUT2D eigenvalue weighted by Crippen LogP contribution is 2.27. The van der Waals surface area contributed by atoms with Gasteiger partial charge in [-0.3, -0.25) is 9.78 Å². The predicted octanol–water partition coefficient (Wildman–Crippen LogP) is 2.13. The van der Waals surface area contributed by atoms with Gasteiger partial charge in [0.1, 0.15) is 12.1 Å². The number of nitriles is 1. The monoisotopic (exact) mass is 400 g/mol. The summed E-state index contributed by atoms with van der Waals surface area (Å²) in [5.74, 6) is -0.603. The molecule has 0 aliphatic rings. The number of sulfonamides is 1. The lowest BCUT2D eigenvalue weighted by Crippen LogP contribution is -2.54. The van der Waals surface area contributed by atoms with Gasteiger partial charge in [0.05, 0.1) is 16.5 Å². The van der Waals surface area contributed by atoms with Gasteiger partial charge in [-0.1, -0.05) is 6.07 Å². The summed E-state index contributed by atoms with van der Waals surface area (Å²) in [6.07, 6.45) is 1.63. The number of carbonyl (C=O) groups is 1. The number of nitrogens with zero attached hydrogens (tertiary/aromatic N) is 2. The zero-order valence-electron chi connectivity index (χ0n) is 14.3. The minimum Gasteiger partial charge on any atom is -0.341 e. The molecule has 7 nitrogen and oxygen atoms in total. The van der Waals surface area contributed by atoms with Crippen LogP contribution in [0.1, 0.15) is 12.5 Å². The van der Waals surface area contributed by atoms with Gasteiger partial charge in [0.25, 0.3) is 0 Å². The minimum atomic E-state index is -4.02. The highest BCUT2D eigenvalue weighted by atomic mass is 32.2. The van der Waals surface area contributed by atoms with Gasteiger partial charge >= 0.3 is 0 Å². The molecule has 0 bridgehead atoms. The van der Waals surface area contributed by atoms with Crippen LogP contribution < -0.4 is 10.0 Å². The lowest BCUT2D eigenvalue weighted by atomic mass is 9.95. The standard InChI is InChI=1S/C18H16N4O3S2/c1-18(14-6-10-26-12-14,17(23)21-9-7-19)22-27(24,25)15-4-5-16-13(11-15)3-2-8-20-16/h2-6,8,10-12,22H,9H2,1H3,(H,21,23). The van der Waals surface area contributed by atoms with E-state index < -0.39 is 21.5 Å². The maximum Gasteiger partial charge on any atom is 0.246 e. The van der Waals surface area contributed by atoms with Crippen molar-refractivity contribution in [3.63, 3.8) is 0 Å². The predicted molar refractivity (Wildman–Crippen MR) is 102 cm³/mol. The van der Waals surface area contributed by atoms with Crippen molar-refractivity contribution in [1.82, 2.24) is 15.0 Å². The van der Waals surface area contributed by atoms with Crippen molar-refractivity contribution in [2.24, 2.45) is 0 Å². The van der Waals surface area contributed by atoms with E-state index in [2.05, 4.69) is 15.0 Å². The van der Waals surface area contributed by atoms with E-state index in [0.29, 0.717) is 16.5 Å². The average Bonchev–Trinajstić information content (AvgIpc) is 3.20. The molecule has 3 aromatic rings. The van der Waals surface area contributed by atoms with Gasteiger partial charge in [-0.25, -0.2) is 8.42 Å². The molecule has 2 aromatic heterocycles. The summed E-state index contributed by atoms with van der Waals surface area (Å²) in [5.41, 5.74) is -0.391. The molecule has 0 aliphatic carbocycles. The van der Waals surface area contributed by atoms with Crippen LogP contribution in [0.2, 0.25) is 0 Å². The van der Waals surface area contributed by atoms with Crippen LogP contribution in [0.5, 0.6) is 0 Å². The van der Waals surface area contributed by atoms with Crippen molar-refractivity contribution in [2.45, 2.75) is 17.4 Å². The first-order valence-corrected chi connectivity index (χ1v) is 10.4. The molecule has 1 unspecified atom stereocenters. The molecule has 9 heteroatoms. The van der Waals surface area contributed by atoms with E-state index in [1.165, 1.54) is 30.4 Å². The quantitative estimate of drug-likeness (QED) is 0.616. The second-order valence-electron chi connectivity index (χ2n) is 5.94. The molecule has 0 aliphatic heterocycles. The van der Waals surface area contributed by atoms with Crippen LogP contribution in [-0.4, -0.2) is 25.9 Å². The fraction of sp³-hybridized carbons (Fsp3) is 0.167. The summed E-state index contributed by atoms with van der Waals surface area (Å²) in [4.78, 5) is 16.8. The van der Waals surface area contributed by atoms with E-state index in [1.807, 2.05) is 6.07 Å². The second-order valence-corrected chi connectivity index (χ2v) is 8.40. The van der Waals surface area contributed by atoms with E-state index in [0.717, 1.165) is 0 Å². The summed E-state index contributed by atoms with van der Waals surface area (Å²) < 4.78 is 28.5. The van der Waals surface area contributed by atoms with Gasteiger partial charge in [-0.2, -0.15) is 21.3 Å².